The molecular weight excluding hydrogens is 599 g/mol. The Morgan fingerprint density at radius 2 is 0.816 bits per heavy atom. The maximum Gasteiger partial charge on any atom is 0.160 e. The van der Waals surface area contributed by atoms with Gasteiger partial charge in [0.1, 0.15) is 11.2 Å². The zero-order valence-electron chi connectivity index (χ0n) is 26.5. The lowest BCUT2D eigenvalue weighted by atomic mass is 9.95. The normalized spacial score (nSPS) is 11.7. The first-order valence-electron chi connectivity index (χ1n) is 16.6. The second-order valence-corrected chi connectivity index (χ2v) is 12.4. The quantitative estimate of drug-likeness (QED) is 0.190. The fourth-order valence-corrected chi connectivity index (χ4v) is 7.47. The van der Waals surface area contributed by atoms with E-state index in [2.05, 4.69) is 163 Å². The fraction of sp³-hybridized carbons (Fsp3) is 0. The van der Waals surface area contributed by atoms with Gasteiger partial charge in [0.25, 0.3) is 0 Å². The van der Waals surface area contributed by atoms with Crippen molar-refractivity contribution in [1.29, 1.82) is 0 Å². The van der Waals surface area contributed by atoms with Gasteiger partial charge in [-0.2, -0.15) is 0 Å². The van der Waals surface area contributed by atoms with Crippen LogP contribution in [0.2, 0.25) is 0 Å². The van der Waals surface area contributed by atoms with E-state index >= 15 is 0 Å². The number of rotatable bonds is 5. The molecule has 0 fully saturated rings. The molecule has 0 amide bonds. The third kappa shape index (κ3) is 4.29. The Kier molecular flexibility index (Phi) is 6.18. The fourth-order valence-electron chi connectivity index (χ4n) is 7.47. The lowest BCUT2D eigenvalue weighted by molar-refractivity contribution is 0.666. The van der Waals surface area contributed by atoms with E-state index in [-0.39, 0.29) is 0 Å². The third-order valence-corrected chi connectivity index (χ3v) is 9.68. The predicted octanol–water partition coefficient (Wildman–Crippen LogP) is 13.4. The molecule has 2 heterocycles. The van der Waals surface area contributed by atoms with Gasteiger partial charge in [-0.3, -0.25) is 0 Å². The van der Waals surface area contributed by atoms with Crippen LogP contribution in [0.15, 0.2) is 185 Å². The molecule has 8 aromatic carbocycles. The molecule has 230 valence electrons. The summed E-state index contributed by atoms with van der Waals surface area (Å²) in [4.78, 5) is 2.37. The summed E-state index contributed by atoms with van der Waals surface area (Å²) in [5, 5.41) is 6.62. The molecule has 49 heavy (non-hydrogen) atoms. The van der Waals surface area contributed by atoms with Gasteiger partial charge in [-0.1, -0.05) is 146 Å². The molecule has 0 radical (unpaired) electrons. The lowest BCUT2D eigenvalue weighted by Gasteiger charge is -2.29. The van der Waals surface area contributed by atoms with Gasteiger partial charge >= 0.3 is 0 Å². The van der Waals surface area contributed by atoms with Gasteiger partial charge in [-0.15, -0.1) is 0 Å². The van der Waals surface area contributed by atoms with Crippen molar-refractivity contribution in [3.63, 3.8) is 0 Å². The van der Waals surface area contributed by atoms with E-state index in [0.717, 1.165) is 77.5 Å². The van der Waals surface area contributed by atoms with Crippen LogP contribution in [0.3, 0.4) is 0 Å². The smallest absolute Gasteiger partial charge is 0.160 e. The van der Waals surface area contributed by atoms with Gasteiger partial charge in [0.05, 0.1) is 17.1 Å². The second-order valence-electron chi connectivity index (χ2n) is 12.4. The first kappa shape index (κ1) is 27.5. The van der Waals surface area contributed by atoms with Gasteiger partial charge in [-0.05, 0) is 52.4 Å². The molecule has 3 nitrogen and oxygen atoms in total. The molecule has 0 atom stereocenters. The molecule has 2 aromatic heterocycles. The molecular formula is C46H29NO2. The Bertz CT molecular complexity index is 2830. The van der Waals surface area contributed by atoms with Crippen molar-refractivity contribution in [2.75, 3.05) is 4.90 Å². The van der Waals surface area contributed by atoms with Gasteiger partial charge in [0.15, 0.2) is 11.2 Å². The average Bonchev–Trinajstić information content (AvgIpc) is 3.75. The number of nitrogens with zero attached hydrogens (tertiary/aromatic N) is 1. The monoisotopic (exact) mass is 627 g/mol. The number of para-hydroxylation sites is 3. The van der Waals surface area contributed by atoms with Crippen molar-refractivity contribution < 1.29 is 8.83 Å². The number of furan rings is 2. The average molecular weight is 628 g/mol. The number of fused-ring (bicyclic) bond motifs is 7. The molecule has 0 unspecified atom stereocenters. The first-order valence-corrected chi connectivity index (χ1v) is 16.6. The van der Waals surface area contributed by atoms with Crippen LogP contribution >= 0.6 is 0 Å². The highest BCUT2D eigenvalue weighted by molar-refractivity contribution is 6.18. The van der Waals surface area contributed by atoms with Gasteiger partial charge in [-0.25, -0.2) is 0 Å². The van der Waals surface area contributed by atoms with Crippen LogP contribution in [0.4, 0.5) is 17.1 Å². The van der Waals surface area contributed by atoms with Crippen LogP contribution in [0.1, 0.15) is 0 Å². The molecule has 0 N–H and O–H groups in total. The molecule has 10 rings (SSSR count). The van der Waals surface area contributed by atoms with Crippen LogP contribution in [0.5, 0.6) is 0 Å². The van der Waals surface area contributed by atoms with Crippen LogP contribution < -0.4 is 4.90 Å². The second kappa shape index (κ2) is 11.0. The van der Waals surface area contributed by atoms with Crippen molar-refractivity contribution in [1.82, 2.24) is 0 Å². The Hall–Kier alpha value is -6.58. The van der Waals surface area contributed by atoms with Crippen LogP contribution in [-0.4, -0.2) is 0 Å². The molecule has 0 spiro atoms. The Morgan fingerprint density at radius 3 is 1.51 bits per heavy atom. The zero-order valence-corrected chi connectivity index (χ0v) is 26.5. The maximum absolute atomic E-state index is 6.87. The Labute approximate surface area is 282 Å². The van der Waals surface area contributed by atoms with Crippen molar-refractivity contribution in [2.24, 2.45) is 0 Å². The number of benzene rings is 8. The van der Waals surface area contributed by atoms with E-state index in [1.165, 1.54) is 16.5 Å². The van der Waals surface area contributed by atoms with Crippen LogP contribution in [0, 0.1) is 0 Å². The van der Waals surface area contributed by atoms with Gasteiger partial charge in [0, 0.05) is 32.5 Å². The van der Waals surface area contributed by atoms with Crippen molar-refractivity contribution in [3.05, 3.63) is 176 Å². The molecule has 0 saturated carbocycles. The number of hydrogen-bond acceptors (Lipinski definition) is 3. The number of hydrogen-bond donors (Lipinski definition) is 0. The SMILES string of the molecule is c1ccc(-c2ccc3c(oc4ccccc43)c2N(c2ccc(-c3ccccc3)c3ccccc23)c2cccc3c2oc2ccccc23)cc1. The summed E-state index contributed by atoms with van der Waals surface area (Å²) >= 11 is 0. The molecule has 0 aliphatic carbocycles. The highest BCUT2D eigenvalue weighted by Crippen LogP contribution is 2.51. The van der Waals surface area contributed by atoms with E-state index < -0.39 is 0 Å². The highest BCUT2D eigenvalue weighted by Gasteiger charge is 2.28. The van der Waals surface area contributed by atoms with E-state index in [4.69, 9.17) is 8.83 Å². The molecule has 10 aromatic rings. The minimum atomic E-state index is 0.826. The first-order chi connectivity index (χ1) is 24.3. The Morgan fingerprint density at radius 1 is 0.306 bits per heavy atom. The van der Waals surface area contributed by atoms with E-state index in [1.807, 2.05) is 18.2 Å². The van der Waals surface area contributed by atoms with Crippen molar-refractivity contribution in [2.45, 2.75) is 0 Å². The molecule has 0 aliphatic rings. The van der Waals surface area contributed by atoms with E-state index in [0.29, 0.717) is 0 Å². The summed E-state index contributed by atoms with van der Waals surface area (Å²) in [6.45, 7) is 0. The maximum atomic E-state index is 6.87. The molecule has 3 heteroatoms. The van der Waals surface area contributed by atoms with Crippen LogP contribution in [0.25, 0.3) is 76.9 Å². The summed E-state index contributed by atoms with van der Waals surface area (Å²) in [5.74, 6) is 0. The summed E-state index contributed by atoms with van der Waals surface area (Å²) in [6.07, 6.45) is 0. The molecule has 0 bridgehead atoms. The minimum Gasteiger partial charge on any atom is -0.454 e. The van der Waals surface area contributed by atoms with Crippen LogP contribution in [-0.2, 0) is 0 Å². The predicted molar refractivity (Wildman–Crippen MR) is 204 cm³/mol. The van der Waals surface area contributed by atoms with Gasteiger partial charge in [0.2, 0.25) is 0 Å². The summed E-state index contributed by atoms with van der Waals surface area (Å²) < 4.78 is 13.6. The number of anilines is 3. The van der Waals surface area contributed by atoms with Crippen molar-refractivity contribution in [3.8, 4) is 22.3 Å². The van der Waals surface area contributed by atoms with Crippen molar-refractivity contribution >= 4 is 71.7 Å². The standard InChI is InChI=1S/C46H29NO2/c1-3-14-30(15-4-1)32-28-29-40(35-19-8-7-18-34(32)35)47(41-23-13-22-38-36-20-9-11-24-42(36)48-45(38)41)44-33(31-16-5-2-6-17-31)26-27-39-37-21-10-12-25-43(37)49-46(39)44/h1-29H. The minimum absolute atomic E-state index is 0.826. The van der Waals surface area contributed by atoms with E-state index in [9.17, 15) is 0 Å². The zero-order chi connectivity index (χ0) is 32.3. The third-order valence-electron chi connectivity index (χ3n) is 9.68. The highest BCUT2D eigenvalue weighted by atomic mass is 16.3. The lowest BCUT2D eigenvalue weighted by Crippen LogP contribution is -2.12. The summed E-state index contributed by atoms with van der Waals surface area (Å²) in [5.41, 5.74) is 10.8. The summed E-state index contributed by atoms with van der Waals surface area (Å²) in [6, 6.07) is 61.9. The summed E-state index contributed by atoms with van der Waals surface area (Å²) in [7, 11) is 0. The van der Waals surface area contributed by atoms with E-state index in [1.54, 1.807) is 0 Å². The van der Waals surface area contributed by atoms with Gasteiger partial charge < -0.3 is 13.7 Å². The molecule has 0 saturated heterocycles. The molecule has 0 aliphatic heterocycles. The largest absolute Gasteiger partial charge is 0.454 e. The topological polar surface area (TPSA) is 29.5 Å². The Balaban J connectivity index is 1.38.